The van der Waals surface area contributed by atoms with Gasteiger partial charge in [0.15, 0.2) is 0 Å². The molecule has 0 radical (unpaired) electrons. The van der Waals surface area contributed by atoms with Crippen molar-refractivity contribution in [2.45, 2.75) is 45.2 Å². The van der Waals surface area contributed by atoms with E-state index in [9.17, 15) is 8.78 Å². The van der Waals surface area contributed by atoms with Gasteiger partial charge in [0.1, 0.15) is 11.6 Å². The molecule has 0 amide bonds. The van der Waals surface area contributed by atoms with Gasteiger partial charge in [0.25, 0.3) is 0 Å². The number of rotatable bonds is 4. The number of hydrogen-bond acceptors (Lipinski definition) is 1. The topological polar surface area (TPSA) is 27.8 Å². The molecule has 2 heterocycles. The second kappa shape index (κ2) is 6.60. The minimum atomic E-state index is -0.283. The number of aromatic amines is 1. The van der Waals surface area contributed by atoms with Gasteiger partial charge in [-0.2, -0.15) is 0 Å². The second-order valence-corrected chi connectivity index (χ2v) is 6.83. The van der Waals surface area contributed by atoms with Gasteiger partial charge in [-0.25, -0.2) is 8.78 Å². The highest BCUT2D eigenvalue weighted by Crippen LogP contribution is 2.37. The third kappa shape index (κ3) is 2.85. The van der Waals surface area contributed by atoms with Gasteiger partial charge in [-0.15, -0.1) is 0 Å². The Hall–Kier alpha value is -2.20. The summed E-state index contributed by atoms with van der Waals surface area (Å²) in [6, 6.07) is 10.2. The molecule has 0 bridgehead atoms. The van der Waals surface area contributed by atoms with Gasteiger partial charge in [0.05, 0.1) is 5.52 Å². The summed E-state index contributed by atoms with van der Waals surface area (Å²) in [4.78, 5) is 3.28. The number of fused-ring (bicyclic) bond motifs is 3. The average molecular weight is 340 g/mol. The number of H-pyrrole nitrogens is 1. The van der Waals surface area contributed by atoms with Crippen LogP contribution in [0.4, 0.5) is 8.78 Å². The van der Waals surface area contributed by atoms with Crippen molar-refractivity contribution in [1.82, 2.24) is 10.3 Å². The zero-order chi connectivity index (χ0) is 17.4. The molecule has 0 fully saturated rings. The molecule has 25 heavy (non-hydrogen) atoms. The van der Waals surface area contributed by atoms with Crippen LogP contribution in [0.1, 0.15) is 37.4 Å². The molecular weight excluding hydrogens is 318 g/mol. The number of hydrogen-bond donors (Lipinski definition) is 2. The highest BCUT2D eigenvalue weighted by atomic mass is 19.1. The van der Waals surface area contributed by atoms with Crippen LogP contribution in [0.2, 0.25) is 0 Å². The summed E-state index contributed by atoms with van der Waals surface area (Å²) in [5.74, 6) is -0.565. The first-order valence-electron chi connectivity index (χ1n) is 8.99. The number of aromatic nitrogens is 1. The summed E-state index contributed by atoms with van der Waals surface area (Å²) < 4.78 is 28.7. The van der Waals surface area contributed by atoms with E-state index < -0.39 is 0 Å². The third-order valence-electron chi connectivity index (χ3n) is 5.18. The van der Waals surface area contributed by atoms with Crippen molar-refractivity contribution in [2.24, 2.45) is 0 Å². The fraction of sp³-hybridized carbons (Fsp3) is 0.333. The number of nitrogens with one attached hydrogen (secondary N) is 2. The van der Waals surface area contributed by atoms with Crippen molar-refractivity contribution in [3.8, 4) is 11.1 Å². The van der Waals surface area contributed by atoms with Crippen molar-refractivity contribution in [3.05, 3.63) is 59.3 Å². The average Bonchev–Trinajstić information content (AvgIpc) is 3.01. The molecule has 2 nitrogen and oxygen atoms in total. The molecule has 4 rings (SSSR count). The molecule has 1 aromatic heterocycles. The van der Waals surface area contributed by atoms with Crippen LogP contribution in [-0.4, -0.2) is 11.0 Å². The molecule has 0 spiro atoms. The van der Waals surface area contributed by atoms with Crippen LogP contribution in [0, 0.1) is 11.6 Å². The van der Waals surface area contributed by atoms with Crippen LogP contribution in [0.5, 0.6) is 0 Å². The highest BCUT2D eigenvalue weighted by molar-refractivity contribution is 5.99. The molecule has 0 saturated heterocycles. The quantitative estimate of drug-likeness (QED) is 0.661. The molecule has 3 aromatic rings. The largest absolute Gasteiger partial charge is 0.356 e. The molecule has 1 aliphatic rings. The van der Waals surface area contributed by atoms with E-state index in [1.165, 1.54) is 25.0 Å². The lowest BCUT2D eigenvalue weighted by molar-refractivity contribution is 0.437. The lowest BCUT2D eigenvalue weighted by atomic mass is 9.93. The first-order chi connectivity index (χ1) is 12.2. The summed E-state index contributed by atoms with van der Waals surface area (Å²) >= 11 is 0. The number of benzene rings is 2. The molecule has 2 aromatic carbocycles. The summed E-state index contributed by atoms with van der Waals surface area (Å²) in [7, 11) is 0. The van der Waals surface area contributed by atoms with E-state index in [4.69, 9.17) is 0 Å². The zero-order valence-corrected chi connectivity index (χ0v) is 14.3. The molecule has 1 atom stereocenters. The molecule has 0 aliphatic carbocycles. The molecule has 0 saturated carbocycles. The summed E-state index contributed by atoms with van der Waals surface area (Å²) in [5, 5.41) is 4.37. The highest BCUT2D eigenvalue weighted by Gasteiger charge is 2.25. The second-order valence-electron chi connectivity index (χ2n) is 6.83. The Morgan fingerprint density at radius 3 is 2.68 bits per heavy atom. The Bertz CT molecular complexity index is 914. The molecule has 130 valence electrons. The molecule has 4 heteroatoms. The Labute approximate surface area is 146 Å². The van der Waals surface area contributed by atoms with Gasteiger partial charge in [0.2, 0.25) is 0 Å². The molecular formula is C21H22F2N2. The van der Waals surface area contributed by atoms with Crippen molar-refractivity contribution in [2.75, 3.05) is 0 Å². The maximum Gasteiger partial charge on any atom is 0.147 e. The van der Waals surface area contributed by atoms with Crippen LogP contribution in [0.25, 0.3) is 22.0 Å². The van der Waals surface area contributed by atoms with Gasteiger partial charge < -0.3 is 10.3 Å². The van der Waals surface area contributed by atoms with Gasteiger partial charge in [-0.1, -0.05) is 44.0 Å². The van der Waals surface area contributed by atoms with E-state index in [0.29, 0.717) is 23.7 Å². The molecule has 1 unspecified atom stereocenters. The van der Waals surface area contributed by atoms with Crippen LogP contribution < -0.4 is 5.32 Å². The van der Waals surface area contributed by atoms with Crippen molar-refractivity contribution in [1.29, 1.82) is 0 Å². The fourth-order valence-electron chi connectivity index (χ4n) is 3.88. The van der Waals surface area contributed by atoms with E-state index in [-0.39, 0.29) is 11.6 Å². The van der Waals surface area contributed by atoms with Crippen LogP contribution >= 0.6 is 0 Å². The van der Waals surface area contributed by atoms with Gasteiger partial charge >= 0.3 is 0 Å². The van der Waals surface area contributed by atoms with Crippen molar-refractivity contribution < 1.29 is 8.78 Å². The normalized spacial score (nSPS) is 17.0. The first-order valence-corrected chi connectivity index (χ1v) is 8.99. The Morgan fingerprint density at radius 1 is 1.04 bits per heavy atom. The predicted octanol–water partition coefficient (Wildman–Crippen LogP) is 5.32. The Kier molecular flexibility index (Phi) is 4.30. The minimum Gasteiger partial charge on any atom is -0.356 e. The monoisotopic (exact) mass is 340 g/mol. The van der Waals surface area contributed by atoms with Crippen LogP contribution in [0.3, 0.4) is 0 Å². The van der Waals surface area contributed by atoms with Crippen molar-refractivity contribution in [3.63, 3.8) is 0 Å². The third-order valence-corrected chi connectivity index (χ3v) is 5.18. The standard InChI is InChI=1S/C21H22F2N2/c1-2-3-6-13-11-19-16(12-24-13)20-15(9-10-18(23)21(20)25-19)14-7-4-5-8-17(14)22/h4-5,7-10,13,24-25H,2-3,6,11-12H2,1H3. The summed E-state index contributed by atoms with van der Waals surface area (Å²) in [6.45, 7) is 2.88. The van der Waals surface area contributed by atoms with Crippen LogP contribution in [-0.2, 0) is 13.0 Å². The van der Waals surface area contributed by atoms with Gasteiger partial charge in [-0.3, -0.25) is 0 Å². The zero-order valence-electron chi connectivity index (χ0n) is 14.3. The first kappa shape index (κ1) is 16.3. The summed E-state index contributed by atoms with van der Waals surface area (Å²) in [5.41, 5.74) is 3.91. The Morgan fingerprint density at radius 2 is 1.88 bits per heavy atom. The van der Waals surface area contributed by atoms with Gasteiger partial charge in [0, 0.05) is 35.7 Å². The smallest absolute Gasteiger partial charge is 0.147 e. The maximum absolute atomic E-state index is 14.4. The lowest BCUT2D eigenvalue weighted by Gasteiger charge is -2.24. The SMILES string of the molecule is CCCCC1Cc2[nH]c3c(F)ccc(-c4ccccc4F)c3c2CN1. The van der Waals surface area contributed by atoms with Gasteiger partial charge in [-0.05, 0) is 29.7 Å². The Balaban J connectivity index is 1.84. The number of unbranched alkanes of at least 4 members (excludes halogenated alkanes) is 1. The molecule has 2 N–H and O–H groups in total. The van der Waals surface area contributed by atoms with E-state index >= 15 is 0 Å². The van der Waals surface area contributed by atoms with Crippen molar-refractivity contribution >= 4 is 10.9 Å². The van der Waals surface area contributed by atoms with E-state index in [1.54, 1.807) is 18.2 Å². The van der Waals surface area contributed by atoms with E-state index in [0.717, 1.165) is 35.0 Å². The fourth-order valence-corrected chi connectivity index (χ4v) is 3.88. The van der Waals surface area contributed by atoms with E-state index in [1.807, 2.05) is 6.07 Å². The van der Waals surface area contributed by atoms with Crippen LogP contribution in [0.15, 0.2) is 36.4 Å². The minimum absolute atomic E-state index is 0.282. The molecule has 1 aliphatic heterocycles. The number of halogens is 2. The predicted molar refractivity (Wildman–Crippen MR) is 97.5 cm³/mol. The summed E-state index contributed by atoms with van der Waals surface area (Å²) in [6.07, 6.45) is 4.33. The maximum atomic E-state index is 14.4. The lowest BCUT2D eigenvalue weighted by Crippen LogP contribution is -2.35. The van der Waals surface area contributed by atoms with E-state index in [2.05, 4.69) is 17.2 Å².